The lowest BCUT2D eigenvalue weighted by Crippen LogP contribution is -2.44. The molecule has 0 bridgehead atoms. The Morgan fingerprint density at radius 1 is 1.30 bits per heavy atom. The maximum absolute atomic E-state index is 13.0. The van der Waals surface area contributed by atoms with E-state index < -0.39 is 10.8 Å². The quantitative estimate of drug-likeness (QED) is 0.919. The van der Waals surface area contributed by atoms with E-state index in [1.165, 1.54) is 18.4 Å². The second-order valence-electron chi connectivity index (χ2n) is 6.09. The number of benzene rings is 1. The molecule has 0 aliphatic heterocycles. The highest BCUT2D eigenvalue weighted by Gasteiger charge is 2.33. The molecule has 1 N–H and O–H groups in total. The zero-order valence-electron chi connectivity index (χ0n) is 13.1. The first kappa shape index (κ1) is 15.7. The number of hydrogen-bond acceptors (Lipinski definition) is 2. The Balaban J connectivity index is 2.24. The SMILES string of the molecule is CCC1CCC(NC)C(S(=O)c2ccc(C)cc2C)C1. The fourth-order valence-electron chi connectivity index (χ4n) is 3.34. The van der Waals surface area contributed by atoms with Crippen molar-refractivity contribution in [3.05, 3.63) is 29.3 Å². The molecular weight excluding hydrogens is 266 g/mol. The Hall–Kier alpha value is -0.670. The Kier molecular flexibility index (Phi) is 5.39. The van der Waals surface area contributed by atoms with Crippen molar-refractivity contribution >= 4 is 10.8 Å². The predicted molar refractivity (Wildman–Crippen MR) is 86.6 cm³/mol. The minimum Gasteiger partial charge on any atom is -0.316 e. The molecule has 0 spiro atoms. The van der Waals surface area contributed by atoms with Crippen LogP contribution in [-0.4, -0.2) is 22.5 Å². The molecule has 1 aliphatic carbocycles. The van der Waals surface area contributed by atoms with Gasteiger partial charge in [0.25, 0.3) is 0 Å². The van der Waals surface area contributed by atoms with Crippen LogP contribution < -0.4 is 5.32 Å². The van der Waals surface area contributed by atoms with Crippen LogP contribution in [0.2, 0.25) is 0 Å². The van der Waals surface area contributed by atoms with Crippen LogP contribution in [0.15, 0.2) is 23.1 Å². The number of hydrogen-bond donors (Lipinski definition) is 1. The second-order valence-corrected chi connectivity index (χ2v) is 7.73. The van der Waals surface area contributed by atoms with Gasteiger partial charge in [-0.15, -0.1) is 0 Å². The normalized spacial score (nSPS) is 28.3. The van der Waals surface area contributed by atoms with Gasteiger partial charge in [-0.25, -0.2) is 0 Å². The minimum atomic E-state index is -0.904. The highest BCUT2D eigenvalue weighted by Crippen LogP contribution is 2.32. The zero-order valence-corrected chi connectivity index (χ0v) is 13.9. The summed E-state index contributed by atoms with van der Waals surface area (Å²) in [5.41, 5.74) is 2.40. The fraction of sp³-hybridized carbons (Fsp3) is 0.647. The molecule has 1 aromatic carbocycles. The van der Waals surface area contributed by atoms with Crippen LogP contribution >= 0.6 is 0 Å². The average Bonchev–Trinajstić information content (AvgIpc) is 2.46. The van der Waals surface area contributed by atoms with Crippen LogP contribution in [0.25, 0.3) is 0 Å². The largest absolute Gasteiger partial charge is 0.316 e. The molecule has 4 unspecified atom stereocenters. The van der Waals surface area contributed by atoms with Crippen LogP contribution in [0.1, 0.15) is 43.7 Å². The second kappa shape index (κ2) is 6.86. The fourth-order valence-corrected chi connectivity index (χ4v) is 5.26. The highest BCUT2D eigenvalue weighted by atomic mass is 32.2. The molecule has 0 heterocycles. The summed E-state index contributed by atoms with van der Waals surface area (Å²) in [6, 6.07) is 6.67. The van der Waals surface area contributed by atoms with Crippen LogP contribution in [0.4, 0.5) is 0 Å². The van der Waals surface area contributed by atoms with E-state index >= 15 is 0 Å². The molecule has 0 saturated heterocycles. The van der Waals surface area contributed by atoms with E-state index in [4.69, 9.17) is 0 Å². The summed E-state index contributed by atoms with van der Waals surface area (Å²) in [6.45, 7) is 6.42. The van der Waals surface area contributed by atoms with Gasteiger partial charge in [-0.05, 0) is 57.7 Å². The standard InChI is InChI=1S/C17H27NOS/c1-5-14-7-8-15(18-4)17(11-14)20(19)16-9-6-12(2)10-13(16)3/h6,9-10,14-15,17-18H,5,7-8,11H2,1-4H3. The highest BCUT2D eigenvalue weighted by molar-refractivity contribution is 7.85. The number of rotatable bonds is 4. The summed E-state index contributed by atoms with van der Waals surface area (Å²) < 4.78 is 13.0. The van der Waals surface area contributed by atoms with Crippen molar-refractivity contribution < 1.29 is 4.21 Å². The van der Waals surface area contributed by atoms with Crippen molar-refractivity contribution in [3.8, 4) is 0 Å². The molecule has 1 aromatic rings. The van der Waals surface area contributed by atoms with Gasteiger partial charge >= 0.3 is 0 Å². The molecule has 0 radical (unpaired) electrons. The van der Waals surface area contributed by atoms with E-state index in [9.17, 15) is 4.21 Å². The van der Waals surface area contributed by atoms with E-state index in [1.807, 2.05) is 7.05 Å². The van der Waals surface area contributed by atoms with Crippen molar-refractivity contribution in [3.63, 3.8) is 0 Å². The van der Waals surface area contributed by atoms with Crippen molar-refractivity contribution in [2.24, 2.45) is 5.92 Å². The Labute approximate surface area is 125 Å². The first-order chi connectivity index (χ1) is 9.56. The molecule has 2 nitrogen and oxygen atoms in total. The molecule has 1 saturated carbocycles. The first-order valence-corrected chi connectivity index (χ1v) is 8.93. The van der Waals surface area contributed by atoms with Gasteiger partial charge in [0.1, 0.15) is 0 Å². The van der Waals surface area contributed by atoms with Crippen LogP contribution in [0.3, 0.4) is 0 Å². The Morgan fingerprint density at radius 2 is 2.05 bits per heavy atom. The van der Waals surface area contributed by atoms with Crippen LogP contribution in [0, 0.1) is 19.8 Å². The lowest BCUT2D eigenvalue weighted by molar-refractivity contribution is 0.301. The van der Waals surface area contributed by atoms with Gasteiger partial charge in [0.2, 0.25) is 0 Å². The van der Waals surface area contributed by atoms with E-state index in [1.54, 1.807) is 0 Å². The van der Waals surface area contributed by atoms with Crippen LogP contribution in [-0.2, 0) is 10.8 Å². The van der Waals surface area contributed by atoms with Gasteiger partial charge < -0.3 is 5.32 Å². The summed E-state index contributed by atoms with van der Waals surface area (Å²) in [7, 11) is 1.10. The lowest BCUT2D eigenvalue weighted by Gasteiger charge is -2.35. The summed E-state index contributed by atoms with van der Waals surface area (Å²) >= 11 is 0. The summed E-state index contributed by atoms with van der Waals surface area (Å²) in [5.74, 6) is 0.735. The molecule has 112 valence electrons. The zero-order chi connectivity index (χ0) is 14.7. The van der Waals surface area contributed by atoms with Gasteiger partial charge in [0.05, 0.1) is 16.0 Å². The molecule has 0 aromatic heterocycles. The number of nitrogens with one attached hydrogen (secondary N) is 1. The Bertz CT molecular complexity index is 486. The van der Waals surface area contributed by atoms with E-state index in [-0.39, 0.29) is 5.25 Å². The maximum Gasteiger partial charge on any atom is 0.0579 e. The molecular formula is C17H27NOS. The van der Waals surface area contributed by atoms with Gasteiger partial charge in [0.15, 0.2) is 0 Å². The third kappa shape index (κ3) is 3.32. The molecule has 0 amide bonds. The monoisotopic (exact) mass is 293 g/mol. The maximum atomic E-state index is 13.0. The summed E-state index contributed by atoms with van der Waals surface area (Å²) in [6.07, 6.45) is 4.71. The molecule has 1 aliphatic rings. The van der Waals surface area contributed by atoms with Gasteiger partial charge in [-0.3, -0.25) is 4.21 Å². The molecule has 3 heteroatoms. The molecule has 20 heavy (non-hydrogen) atoms. The van der Waals surface area contributed by atoms with Crippen molar-refractivity contribution in [2.75, 3.05) is 7.05 Å². The molecule has 1 fully saturated rings. The summed E-state index contributed by atoms with van der Waals surface area (Å²) in [4.78, 5) is 1.03. The van der Waals surface area contributed by atoms with Crippen molar-refractivity contribution in [1.82, 2.24) is 5.32 Å². The molecule has 4 atom stereocenters. The average molecular weight is 293 g/mol. The van der Waals surface area contributed by atoms with Crippen molar-refractivity contribution in [1.29, 1.82) is 0 Å². The third-order valence-electron chi connectivity index (χ3n) is 4.67. The first-order valence-electron chi connectivity index (χ1n) is 7.71. The third-order valence-corrected chi connectivity index (χ3v) is 6.63. The topological polar surface area (TPSA) is 29.1 Å². The lowest BCUT2D eigenvalue weighted by atomic mass is 9.84. The van der Waals surface area contributed by atoms with Crippen LogP contribution in [0.5, 0.6) is 0 Å². The van der Waals surface area contributed by atoms with Gasteiger partial charge in [-0.2, -0.15) is 0 Å². The van der Waals surface area contributed by atoms with Gasteiger partial charge in [0, 0.05) is 10.9 Å². The van der Waals surface area contributed by atoms with E-state index in [0.29, 0.717) is 6.04 Å². The smallest absolute Gasteiger partial charge is 0.0579 e. The van der Waals surface area contributed by atoms with Crippen molar-refractivity contribution in [2.45, 2.75) is 62.6 Å². The van der Waals surface area contributed by atoms with E-state index in [0.717, 1.165) is 29.2 Å². The molecule has 2 rings (SSSR count). The Morgan fingerprint density at radius 3 is 2.65 bits per heavy atom. The minimum absolute atomic E-state index is 0.250. The number of aryl methyl sites for hydroxylation is 2. The van der Waals surface area contributed by atoms with E-state index in [2.05, 4.69) is 44.3 Å². The van der Waals surface area contributed by atoms with Gasteiger partial charge in [-0.1, -0.05) is 31.0 Å². The predicted octanol–water partition coefficient (Wildman–Crippen LogP) is 3.58. The summed E-state index contributed by atoms with van der Waals surface area (Å²) in [5, 5.41) is 3.64.